The van der Waals surface area contributed by atoms with Crippen LogP contribution in [0.5, 0.6) is 0 Å². The summed E-state index contributed by atoms with van der Waals surface area (Å²) in [6.45, 7) is 4.85. The van der Waals surface area contributed by atoms with E-state index in [9.17, 15) is 0 Å². The zero-order valence-corrected chi connectivity index (χ0v) is 22.4. The summed E-state index contributed by atoms with van der Waals surface area (Å²) in [6.07, 6.45) is 2.22. The molecule has 1 aliphatic carbocycles. The average Bonchev–Trinajstić information content (AvgIpc) is 2.88. The second-order valence-electron chi connectivity index (χ2n) is 10.7. The van der Waals surface area contributed by atoms with Crippen molar-refractivity contribution in [2.24, 2.45) is 10.8 Å². The van der Waals surface area contributed by atoms with E-state index < -0.39 is 0 Å². The van der Waals surface area contributed by atoms with Gasteiger partial charge in [0.25, 0.3) is 0 Å². The van der Waals surface area contributed by atoms with Crippen LogP contribution in [0.2, 0.25) is 0 Å². The number of hydrogen-bond acceptors (Lipinski definition) is 0. The van der Waals surface area contributed by atoms with Crippen molar-refractivity contribution in [3.8, 4) is 0 Å². The van der Waals surface area contributed by atoms with Crippen LogP contribution in [0.25, 0.3) is 0 Å². The van der Waals surface area contributed by atoms with E-state index in [1.807, 2.05) is 0 Å². The molecule has 1 aliphatic rings. The highest BCUT2D eigenvalue weighted by Gasteiger charge is 2.68. The summed E-state index contributed by atoms with van der Waals surface area (Å²) in [6, 6.07) is 44.5. The summed E-state index contributed by atoms with van der Waals surface area (Å²) in [5.74, 6) is 0. The fourth-order valence-corrected chi connectivity index (χ4v) is 8.49. The van der Waals surface area contributed by atoms with Gasteiger partial charge in [-0.05, 0) is 40.5 Å². The Kier molecular flexibility index (Phi) is 6.04. The molecule has 0 radical (unpaired) electrons. The molecule has 172 valence electrons. The molecular weight excluding hydrogens is 446 g/mol. The molecule has 5 rings (SSSR count). The largest absolute Gasteiger partial charge is 0.121 e. The van der Waals surface area contributed by atoms with Crippen molar-refractivity contribution in [3.63, 3.8) is 0 Å². The van der Waals surface area contributed by atoms with Gasteiger partial charge in [0, 0.05) is 15.7 Å². The van der Waals surface area contributed by atoms with E-state index in [1.165, 1.54) is 22.3 Å². The van der Waals surface area contributed by atoms with Gasteiger partial charge in [-0.3, -0.25) is 0 Å². The maximum absolute atomic E-state index is 3.39. The smallest absolute Gasteiger partial charge is 0.0415 e. The molecule has 34 heavy (non-hydrogen) atoms. The lowest BCUT2D eigenvalue weighted by molar-refractivity contribution is -0.0629. The van der Waals surface area contributed by atoms with Gasteiger partial charge in [0.2, 0.25) is 0 Å². The average molecular weight is 481 g/mol. The number of benzene rings is 4. The molecule has 4 aromatic carbocycles. The van der Waals surface area contributed by atoms with E-state index in [4.69, 9.17) is 0 Å². The monoisotopic (exact) mass is 480 g/mol. The number of hydrogen-bond donors (Lipinski definition) is 0. The van der Waals surface area contributed by atoms with Crippen LogP contribution in [0.1, 0.15) is 48.9 Å². The van der Waals surface area contributed by atoms with Crippen LogP contribution in [0, 0.1) is 10.8 Å². The first kappa shape index (κ1) is 23.5. The second-order valence-corrected chi connectivity index (χ2v) is 12.4. The van der Waals surface area contributed by atoms with Crippen LogP contribution in [0.3, 0.4) is 0 Å². The molecule has 2 unspecified atom stereocenters. The third-order valence-corrected chi connectivity index (χ3v) is 10.4. The predicted molar refractivity (Wildman–Crippen MR) is 152 cm³/mol. The van der Waals surface area contributed by atoms with Crippen molar-refractivity contribution in [1.82, 2.24) is 0 Å². The van der Waals surface area contributed by atoms with E-state index >= 15 is 0 Å². The van der Waals surface area contributed by atoms with Gasteiger partial charge in [0.15, 0.2) is 0 Å². The number of rotatable bonds is 6. The van der Waals surface area contributed by atoms with Crippen LogP contribution >= 0.6 is 18.5 Å². The Bertz CT molecular complexity index is 1050. The molecule has 0 saturated heterocycles. The molecule has 2 heteroatoms. The maximum Gasteiger partial charge on any atom is 0.0415 e. The van der Waals surface area contributed by atoms with E-state index in [2.05, 4.69) is 154 Å². The van der Waals surface area contributed by atoms with E-state index in [-0.39, 0.29) is 21.1 Å². The molecule has 0 spiro atoms. The van der Waals surface area contributed by atoms with Gasteiger partial charge in [-0.15, -0.1) is 18.5 Å². The summed E-state index contributed by atoms with van der Waals surface area (Å²) in [5.41, 5.74) is 5.56. The minimum atomic E-state index is -0.279. The molecule has 0 bridgehead atoms. The highest BCUT2D eigenvalue weighted by atomic mass is 31.0. The van der Waals surface area contributed by atoms with Crippen LogP contribution in [0.15, 0.2) is 121 Å². The fourth-order valence-electron chi connectivity index (χ4n) is 6.69. The minimum absolute atomic E-state index is 0.0930. The SMILES string of the molecule is CC1(C)CC(C(P)(c2ccccc2)c2ccccc2)(C(P)(c2ccccc2)c2ccccc2)C1. The molecule has 0 aliphatic heterocycles. The first-order valence-corrected chi connectivity index (χ1v) is 13.3. The summed E-state index contributed by atoms with van der Waals surface area (Å²) in [4.78, 5) is 0. The molecule has 0 N–H and O–H groups in total. The van der Waals surface area contributed by atoms with Crippen molar-refractivity contribution in [2.45, 2.75) is 37.0 Å². The molecule has 1 fully saturated rings. The lowest BCUT2D eigenvalue weighted by Crippen LogP contribution is -2.63. The zero-order valence-electron chi connectivity index (χ0n) is 20.1. The predicted octanol–water partition coefficient (Wildman–Crippen LogP) is 8.43. The lowest BCUT2D eigenvalue weighted by atomic mass is 9.41. The molecule has 0 amide bonds. The Hall–Kier alpha value is -2.26. The van der Waals surface area contributed by atoms with Crippen molar-refractivity contribution in [2.75, 3.05) is 0 Å². The van der Waals surface area contributed by atoms with Gasteiger partial charge >= 0.3 is 0 Å². The van der Waals surface area contributed by atoms with E-state index in [1.54, 1.807) is 0 Å². The first-order valence-electron chi connectivity index (χ1n) is 12.1. The van der Waals surface area contributed by atoms with Gasteiger partial charge in [-0.25, -0.2) is 0 Å². The first-order chi connectivity index (χ1) is 16.3. The van der Waals surface area contributed by atoms with Crippen LogP contribution in [-0.2, 0) is 10.3 Å². The van der Waals surface area contributed by atoms with E-state index in [0.717, 1.165) is 12.8 Å². The molecule has 1 saturated carbocycles. The van der Waals surface area contributed by atoms with Crippen LogP contribution in [-0.4, -0.2) is 0 Å². The zero-order chi connectivity index (χ0) is 23.9. The van der Waals surface area contributed by atoms with Crippen LogP contribution < -0.4 is 0 Å². The van der Waals surface area contributed by atoms with Crippen molar-refractivity contribution >= 4 is 18.5 Å². The highest BCUT2D eigenvalue weighted by Crippen LogP contribution is 2.76. The maximum atomic E-state index is 3.39. The molecule has 0 nitrogen and oxygen atoms in total. The van der Waals surface area contributed by atoms with Crippen molar-refractivity contribution in [1.29, 1.82) is 0 Å². The van der Waals surface area contributed by atoms with Crippen molar-refractivity contribution < 1.29 is 0 Å². The van der Waals surface area contributed by atoms with Gasteiger partial charge < -0.3 is 0 Å². The quantitative estimate of drug-likeness (QED) is 0.243. The van der Waals surface area contributed by atoms with Gasteiger partial charge in [-0.2, -0.15) is 0 Å². The second kappa shape index (κ2) is 8.75. The summed E-state index contributed by atoms with van der Waals surface area (Å²) in [5, 5.41) is -0.559. The van der Waals surface area contributed by atoms with Crippen molar-refractivity contribution in [3.05, 3.63) is 144 Å². The minimum Gasteiger partial charge on any atom is -0.121 e. The lowest BCUT2D eigenvalue weighted by Gasteiger charge is -2.69. The molecular formula is C32H34P2. The summed E-state index contributed by atoms with van der Waals surface area (Å²) >= 11 is 0. The Balaban J connectivity index is 1.88. The Morgan fingerprint density at radius 2 is 0.706 bits per heavy atom. The Morgan fingerprint density at radius 1 is 0.471 bits per heavy atom. The topological polar surface area (TPSA) is 0 Å². The van der Waals surface area contributed by atoms with Gasteiger partial charge in [0.05, 0.1) is 0 Å². The molecule has 4 aromatic rings. The van der Waals surface area contributed by atoms with Gasteiger partial charge in [0.1, 0.15) is 0 Å². The third kappa shape index (κ3) is 3.50. The molecule has 2 atom stereocenters. The fraction of sp³-hybridized carbons (Fsp3) is 0.250. The molecule has 0 heterocycles. The third-order valence-electron chi connectivity index (χ3n) is 7.99. The summed E-state index contributed by atoms with van der Waals surface area (Å²) in [7, 11) is 6.78. The standard InChI is InChI=1S/C32H34P2/c1-29(2)23-30(24-29,31(33,25-15-7-3-8-16-25)26-17-9-4-10-18-26)32(34,27-19-11-5-12-20-27)28-21-13-6-14-22-28/h3-22H,23-24,33-34H2,1-2H3. The normalized spacial score (nSPS) is 17.1. The van der Waals surface area contributed by atoms with Crippen LogP contribution in [0.4, 0.5) is 0 Å². The molecule has 0 aromatic heterocycles. The summed E-state index contributed by atoms with van der Waals surface area (Å²) < 4.78 is 0. The van der Waals surface area contributed by atoms with E-state index in [0.29, 0.717) is 0 Å². The Morgan fingerprint density at radius 3 is 0.912 bits per heavy atom. The highest BCUT2D eigenvalue weighted by molar-refractivity contribution is 7.20. The Labute approximate surface area is 209 Å². The van der Waals surface area contributed by atoms with Gasteiger partial charge in [-0.1, -0.05) is 135 Å².